The van der Waals surface area contributed by atoms with Gasteiger partial charge in [-0.25, -0.2) is 4.98 Å². The zero-order valence-electron chi connectivity index (χ0n) is 11.6. The van der Waals surface area contributed by atoms with E-state index in [1.54, 1.807) is 6.33 Å². The zero-order chi connectivity index (χ0) is 13.3. The van der Waals surface area contributed by atoms with Crippen molar-refractivity contribution in [1.82, 2.24) is 14.8 Å². The van der Waals surface area contributed by atoms with Gasteiger partial charge in [-0.05, 0) is 26.7 Å². The Bertz CT molecular complexity index is 393. The molecule has 0 radical (unpaired) electrons. The van der Waals surface area contributed by atoms with Gasteiger partial charge in [0.2, 0.25) is 0 Å². The number of ether oxygens (including phenoxy) is 1. The maximum atomic E-state index is 10.4. The van der Waals surface area contributed by atoms with E-state index in [1.807, 2.05) is 18.5 Å². The van der Waals surface area contributed by atoms with Gasteiger partial charge >= 0.3 is 0 Å². The predicted molar refractivity (Wildman–Crippen MR) is 68.1 cm³/mol. The number of aryl methyl sites for hydroxylation is 1. The summed E-state index contributed by atoms with van der Waals surface area (Å²) in [6, 6.07) is 0. The number of hydrogen-bond acceptors (Lipinski definition) is 4. The Morgan fingerprint density at radius 1 is 1.39 bits per heavy atom. The second-order valence-corrected chi connectivity index (χ2v) is 5.25. The van der Waals surface area contributed by atoms with E-state index in [1.165, 1.54) is 0 Å². The minimum atomic E-state index is -0.422. The van der Waals surface area contributed by atoms with Crippen LogP contribution in [0.15, 0.2) is 6.33 Å². The average molecular weight is 253 g/mol. The predicted octanol–water partition coefficient (Wildman–Crippen LogP) is 1.26. The van der Waals surface area contributed by atoms with E-state index in [0.717, 1.165) is 12.4 Å². The lowest BCUT2D eigenvalue weighted by Gasteiger charge is -2.24. The maximum absolute atomic E-state index is 10.4. The molecule has 18 heavy (non-hydrogen) atoms. The quantitative estimate of drug-likeness (QED) is 0.877. The van der Waals surface area contributed by atoms with Crippen molar-refractivity contribution in [2.45, 2.75) is 59.0 Å². The van der Waals surface area contributed by atoms with E-state index >= 15 is 0 Å². The Labute approximate surface area is 108 Å². The van der Waals surface area contributed by atoms with Crippen molar-refractivity contribution < 1.29 is 9.84 Å². The fourth-order valence-electron chi connectivity index (χ4n) is 2.99. The lowest BCUT2D eigenvalue weighted by Crippen LogP contribution is -2.33. The van der Waals surface area contributed by atoms with Crippen molar-refractivity contribution in [3.05, 3.63) is 12.2 Å². The molecule has 0 aromatic carbocycles. The molecule has 2 heterocycles. The highest BCUT2D eigenvalue weighted by Crippen LogP contribution is 2.35. The Hall–Kier alpha value is -0.940. The first-order valence-electron chi connectivity index (χ1n) is 6.74. The standard InChI is InChI=1S/C13H23N3O2/c1-5-16-12(14-7-15-16)6-11(17)13-8(2)9(3)18-10(13)4/h7-11,13,17H,5-6H2,1-4H3. The maximum Gasteiger partial charge on any atom is 0.138 e. The first-order valence-corrected chi connectivity index (χ1v) is 6.74. The van der Waals surface area contributed by atoms with Crippen molar-refractivity contribution in [3.63, 3.8) is 0 Å². The van der Waals surface area contributed by atoms with E-state index in [-0.39, 0.29) is 18.1 Å². The van der Waals surface area contributed by atoms with E-state index in [2.05, 4.69) is 23.9 Å². The summed E-state index contributed by atoms with van der Waals surface area (Å²) in [7, 11) is 0. The molecule has 5 heteroatoms. The monoisotopic (exact) mass is 253 g/mol. The van der Waals surface area contributed by atoms with Gasteiger partial charge in [-0.15, -0.1) is 0 Å². The van der Waals surface area contributed by atoms with Crippen LogP contribution in [0.3, 0.4) is 0 Å². The molecule has 5 atom stereocenters. The van der Waals surface area contributed by atoms with Crippen LogP contribution < -0.4 is 0 Å². The van der Waals surface area contributed by atoms with E-state index in [4.69, 9.17) is 4.74 Å². The SMILES string of the molecule is CCn1ncnc1CC(O)C1C(C)OC(C)C1C. The third kappa shape index (κ3) is 2.42. The van der Waals surface area contributed by atoms with Crippen molar-refractivity contribution >= 4 is 0 Å². The van der Waals surface area contributed by atoms with Crippen LogP contribution in [0.5, 0.6) is 0 Å². The largest absolute Gasteiger partial charge is 0.392 e. The molecule has 1 aliphatic rings. The van der Waals surface area contributed by atoms with Gasteiger partial charge in [0.1, 0.15) is 12.2 Å². The highest BCUT2D eigenvalue weighted by atomic mass is 16.5. The number of hydrogen-bond donors (Lipinski definition) is 1. The fourth-order valence-corrected chi connectivity index (χ4v) is 2.99. The molecule has 1 aromatic heterocycles. The minimum absolute atomic E-state index is 0.1000. The van der Waals surface area contributed by atoms with Crippen molar-refractivity contribution in [2.75, 3.05) is 0 Å². The van der Waals surface area contributed by atoms with Gasteiger partial charge in [0.05, 0.1) is 18.3 Å². The molecule has 102 valence electrons. The summed E-state index contributed by atoms with van der Waals surface area (Å²) < 4.78 is 7.61. The molecule has 2 rings (SSSR count). The van der Waals surface area contributed by atoms with Gasteiger partial charge in [0, 0.05) is 18.9 Å². The summed E-state index contributed by atoms with van der Waals surface area (Å²) in [5, 5.41) is 14.6. The van der Waals surface area contributed by atoms with Crippen LogP contribution in [0.1, 0.15) is 33.5 Å². The molecular weight excluding hydrogens is 230 g/mol. The van der Waals surface area contributed by atoms with Gasteiger partial charge < -0.3 is 9.84 Å². The summed E-state index contributed by atoms with van der Waals surface area (Å²) in [5.74, 6) is 1.39. The third-order valence-corrected chi connectivity index (χ3v) is 4.15. The molecule has 1 aromatic rings. The van der Waals surface area contributed by atoms with Gasteiger partial charge in [0.15, 0.2) is 0 Å². The lowest BCUT2D eigenvalue weighted by molar-refractivity contribution is 0.0231. The molecule has 5 nitrogen and oxygen atoms in total. The van der Waals surface area contributed by atoms with Crippen LogP contribution in [0.2, 0.25) is 0 Å². The first kappa shape index (κ1) is 13.5. The fraction of sp³-hybridized carbons (Fsp3) is 0.846. The Morgan fingerprint density at radius 3 is 2.67 bits per heavy atom. The zero-order valence-corrected chi connectivity index (χ0v) is 11.6. The smallest absolute Gasteiger partial charge is 0.138 e. The first-order chi connectivity index (χ1) is 8.54. The molecule has 1 fully saturated rings. The number of nitrogens with zero attached hydrogens (tertiary/aromatic N) is 3. The molecule has 0 saturated carbocycles. The summed E-state index contributed by atoms with van der Waals surface area (Å²) in [6.07, 6.45) is 1.98. The van der Waals surface area contributed by atoms with E-state index in [0.29, 0.717) is 12.3 Å². The van der Waals surface area contributed by atoms with Crippen molar-refractivity contribution in [3.8, 4) is 0 Å². The molecule has 1 saturated heterocycles. The Kier molecular flexibility index (Phi) is 4.02. The second kappa shape index (κ2) is 5.36. The van der Waals surface area contributed by atoms with Gasteiger partial charge in [-0.2, -0.15) is 5.10 Å². The van der Waals surface area contributed by atoms with E-state index < -0.39 is 6.10 Å². The summed E-state index contributed by atoms with van der Waals surface area (Å²) in [4.78, 5) is 4.22. The van der Waals surface area contributed by atoms with Crippen LogP contribution in [0, 0.1) is 11.8 Å². The minimum Gasteiger partial charge on any atom is -0.392 e. The normalized spacial score (nSPS) is 33.8. The highest BCUT2D eigenvalue weighted by Gasteiger charge is 2.41. The van der Waals surface area contributed by atoms with Crippen LogP contribution in [0.25, 0.3) is 0 Å². The summed E-state index contributed by atoms with van der Waals surface area (Å²) in [6.45, 7) is 9.06. The number of aromatic nitrogens is 3. The van der Waals surface area contributed by atoms with Gasteiger partial charge in [-0.1, -0.05) is 6.92 Å². The summed E-state index contributed by atoms with van der Waals surface area (Å²) in [5.41, 5.74) is 0. The molecule has 0 aliphatic carbocycles. The second-order valence-electron chi connectivity index (χ2n) is 5.25. The van der Waals surface area contributed by atoms with Crippen molar-refractivity contribution in [2.24, 2.45) is 11.8 Å². The van der Waals surface area contributed by atoms with Gasteiger partial charge in [-0.3, -0.25) is 4.68 Å². The molecule has 0 spiro atoms. The Morgan fingerprint density at radius 2 is 2.11 bits per heavy atom. The van der Waals surface area contributed by atoms with Crippen LogP contribution >= 0.6 is 0 Å². The van der Waals surface area contributed by atoms with Crippen LogP contribution in [-0.4, -0.2) is 38.2 Å². The summed E-state index contributed by atoms with van der Waals surface area (Å²) >= 11 is 0. The third-order valence-electron chi connectivity index (χ3n) is 4.15. The number of aliphatic hydroxyl groups is 1. The number of aliphatic hydroxyl groups excluding tert-OH is 1. The van der Waals surface area contributed by atoms with Crippen LogP contribution in [-0.2, 0) is 17.7 Å². The lowest BCUT2D eigenvalue weighted by atomic mass is 9.83. The highest BCUT2D eigenvalue weighted by molar-refractivity contribution is 4.95. The molecular formula is C13H23N3O2. The van der Waals surface area contributed by atoms with E-state index in [9.17, 15) is 5.11 Å². The topological polar surface area (TPSA) is 60.2 Å². The van der Waals surface area contributed by atoms with Crippen LogP contribution in [0.4, 0.5) is 0 Å². The van der Waals surface area contributed by atoms with Crippen molar-refractivity contribution in [1.29, 1.82) is 0 Å². The molecule has 5 unspecified atom stereocenters. The average Bonchev–Trinajstić information content (AvgIpc) is 2.85. The molecule has 1 aliphatic heterocycles. The van der Waals surface area contributed by atoms with Gasteiger partial charge in [0.25, 0.3) is 0 Å². The molecule has 1 N–H and O–H groups in total. The Balaban J connectivity index is 2.06. The number of rotatable bonds is 4. The molecule has 0 amide bonds. The molecule has 0 bridgehead atoms.